The van der Waals surface area contributed by atoms with E-state index in [4.69, 9.17) is 0 Å². The minimum Gasteiger partial charge on any atom is -0.337 e. The highest BCUT2D eigenvalue weighted by molar-refractivity contribution is 9.10. The van der Waals surface area contributed by atoms with Gasteiger partial charge in [-0.05, 0) is 56.2 Å². The third-order valence-electron chi connectivity index (χ3n) is 4.50. The lowest BCUT2D eigenvalue weighted by molar-refractivity contribution is 0.248. The van der Waals surface area contributed by atoms with E-state index >= 15 is 0 Å². The number of hydrogen-bond donors (Lipinski definition) is 0. The number of aromatic nitrogens is 4. The van der Waals surface area contributed by atoms with E-state index < -0.39 is 0 Å². The summed E-state index contributed by atoms with van der Waals surface area (Å²) in [4.78, 5) is 4.50. The van der Waals surface area contributed by atoms with Gasteiger partial charge in [0.2, 0.25) is 5.95 Å². The summed E-state index contributed by atoms with van der Waals surface area (Å²) in [5.41, 5.74) is 1.92. The Bertz CT molecular complexity index is 876. The number of para-hydroxylation sites is 1. The molecule has 0 aliphatic carbocycles. The molecule has 0 saturated carbocycles. The fourth-order valence-corrected chi connectivity index (χ4v) is 3.36. The largest absolute Gasteiger partial charge is 0.337 e. The third-order valence-corrected chi connectivity index (χ3v) is 5.14. The van der Waals surface area contributed by atoms with Crippen LogP contribution in [0.2, 0.25) is 0 Å². The zero-order valence-corrected chi connectivity index (χ0v) is 15.7. The fraction of sp³-hybridized carbons (Fsp3) is 0.278. The predicted octanol–water partition coefficient (Wildman–Crippen LogP) is 2.89. The molecule has 0 amide bonds. The van der Waals surface area contributed by atoms with Crippen LogP contribution in [0.5, 0.6) is 0 Å². The number of hydrogen-bond acceptors (Lipinski definition) is 5. The van der Waals surface area contributed by atoms with Gasteiger partial charge in [0.15, 0.2) is 0 Å². The van der Waals surface area contributed by atoms with Crippen LogP contribution in [-0.4, -0.2) is 51.3 Å². The summed E-state index contributed by atoms with van der Waals surface area (Å²) < 4.78 is 16.0. The summed E-state index contributed by atoms with van der Waals surface area (Å²) in [7, 11) is 0. The fourth-order valence-electron chi connectivity index (χ4n) is 3.12. The number of tetrazole rings is 1. The van der Waals surface area contributed by atoms with Crippen molar-refractivity contribution in [2.45, 2.75) is 6.54 Å². The Balaban J connectivity index is 1.41. The first-order chi connectivity index (χ1) is 12.7. The molecule has 3 aromatic rings. The monoisotopic (exact) mass is 416 g/mol. The van der Waals surface area contributed by atoms with E-state index in [2.05, 4.69) is 41.3 Å². The Morgan fingerprint density at radius 2 is 1.77 bits per heavy atom. The molecule has 1 aromatic heterocycles. The molecule has 134 valence electrons. The van der Waals surface area contributed by atoms with Crippen molar-refractivity contribution in [2.24, 2.45) is 0 Å². The zero-order chi connectivity index (χ0) is 17.9. The van der Waals surface area contributed by atoms with Gasteiger partial charge < -0.3 is 4.90 Å². The standard InChI is InChI=1S/C18H18BrFN6/c19-16-7-6-14(12-17(16)20)13-24-8-10-25(11-9-24)18-21-22-23-26(18)15-4-2-1-3-5-15/h1-7,12H,8-11,13H2. The van der Waals surface area contributed by atoms with Crippen molar-refractivity contribution < 1.29 is 4.39 Å². The maximum atomic E-state index is 13.7. The number of rotatable bonds is 4. The van der Waals surface area contributed by atoms with Crippen LogP contribution in [0.4, 0.5) is 10.3 Å². The smallest absolute Gasteiger partial charge is 0.250 e. The molecule has 4 rings (SSSR count). The molecule has 2 aromatic carbocycles. The lowest BCUT2D eigenvalue weighted by Gasteiger charge is -2.34. The lowest BCUT2D eigenvalue weighted by atomic mass is 10.2. The van der Waals surface area contributed by atoms with Crippen LogP contribution in [0.25, 0.3) is 5.69 Å². The van der Waals surface area contributed by atoms with Crippen molar-refractivity contribution in [1.29, 1.82) is 0 Å². The second-order valence-electron chi connectivity index (χ2n) is 6.24. The number of benzene rings is 2. The normalized spacial score (nSPS) is 15.4. The van der Waals surface area contributed by atoms with Gasteiger partial charge in [0.1, 0.15) is 5.82 Å². The van der Waals surface area contributed by atoms with Crippen LogP contribution >= 0.6 is 15.9 Å². The minimum atomic E-state index is -0.219. The molecule has 1 aliphatic heterocycles. The van der Waals surface area contributed by atoms with Gasteiger partial charge in [0.25, 0.3) is 0 Å². The van der Waals surface area contributed by atoms with Crippen molar-refractivity contribution in [1.82, 2.24) is 25.1 Å². The van der Waals surface area contributed by atoms with Gasteiger partial charge in [0.05, 0.1) is 10.2 Å². The third kappa shape index (κ3) is 3.61. The highest BCUT2D eigenvalue weighted by Gasteiger charge is 2.22. The maximum absolute atomic E-state index is 13.7. The molecule has 0 atom stereocenters. The molecular weight excluding hydrogens is 399 g/mol. The van der Waals surface area contributed by atoms with Crippen molar-refractivity contribution >= 4 is 21.9 Å². The molecule has 6 nitrogen and oxygen atoms in total. The van der Waals surface area contributed by atoms with E-state index in [0.717, 1.165) is 49.9 Å². The molecule has 26 heavy (non-hydrogen) atoms. The first-order valence-electron chi connectivity index (χ1n) is 8.46. The highest BCUT2D eigenvalue weighted by Crippen LogP contribution is 2.20. The molecule has 0 unspecified atom stereocenters. The number of nitrogens with zero attached hydrogens (tertiary/aromatic N) is 6. The summed E-state index contributed by atoms with van der Waals surface area (Å²) in [6.07, 6.45) is 0. The molecule has 2 heterocycles. The van der Waals surface area contributed by atoms with Crippen molar-refractivity contribution in [3.05, 3.63) is 64.4 Å². The number of halogens is 2. The molecular formula is C18H18BrFN6. The van der Waals surface area contributed by atoms with E-state index in [-0.39, 0.29) is 5.82 Å². The second kappa shape index (κ2) is 7.51. The van der Waals surface area contributed by atoms with Gasteiger partial charge in [-0.2, -0.15) is 4.68 Å². The Kier molecular flexibility index (Phi) is 4.94. The van der Waals surface area contributed by atoms with Gasteiger partial charge in [-0.1, -0.05) is 29.4 Å². The van der Waals surface area contributed by atoms with Gasteiger partial charge >= 0.3 is 0 Å². The summed E-state index contributed by atoms with van der Waals surface area (Å²) in [6.45, 7) is 4.14. The van der Waals surface area contributed by atoms with Crippen LogP contribution in [0.1, 0.15) is 5.56 Å². The quantitative estimate of drug-likeness (QED) is 0.654. The van der Waals surface area contributed by atoms with Crippen LogP contribution in [0, 0.1) is 5.82 Å². The van der Waals surface area contributed by atoms with Crippen LogP contribution in [0.15, 0.2) is 53.0 Å². The zero-order valence-electron chi connectivity index (χ0n) is 14.1. The predicted molar refractivity (Wildman–Crippen MR) is 101 cm³/mol. The Morgan fingerprint density at radius 3 is 2.50 bits per heavy atom. The second-order valence-corrected chi connectivity index (χ2v) is 7.09. The summed E-state index contributed by atoms with van der Waals surface area (Å²) in [5.74, 6) is 0.536. The minimum absolute atomic E-state index is 0.219. The summed E-state index contributed by atoms with van der Waals surface area (Å²) in [6, 6.07) is 15.2. The Hall–Kier alpha value is -2.32. The van der Waals surface area contributed by atoms with Crippen LogP contribution in [-0.2, 0) is 6.54 Å². The van der Waals surface area contributed by atoms with Crippen LogP contribution in [0.3, 0.4) is 0 Å². The van der Waals surface area contributed by atoms with Crippen molar-refractivity contribution in [3.63, 3.8) is 0 Å². The maximum Gasteiger partial charge on any atom is 0.250 e. The topological polar surface area (TPSA) is 50.1 Å². The molecule has 1 fully saturated rings. The van der Waals surface area contributed by atoms with Crippen molar-refractivity contribution in [3.8, 4) is 5.69 Å². The van der Waals surface area contributed by atoms with E-state index in [1.54, 1.807) is 16.8 Å². The molecule has 0 radical (unpaired) electrons. The summed E-state index contributed by atoms with van der Waals surface area (Å²) in [5, 5.41) is 12.2. The molecule has 1 saturated heterocycles. The number of anilines is 1. The summed E-state index contributed by atoms with van der Waals surface area (Å²) >= 11 is 3.19. The van der Waals surface area contributed by atoms with E-state index in [0.29, 0.717) is 4.47 Å². The van der Waals surface area contributed by atoms with Gasteiger partial charge in [0, 0.05) is 32.7 Å². The van der Waals surface area contributed by atoms with Crippen LogP contribution < -0.4 is 4.90 Å². The molecule has 0 N–H and O–H groups in total. The van der Waals surface area contributed by atoms with Gasteiger partial charge in [-0.15, -0.1) is 0 Å². The van der Waals surface area contributed by atoms with Gasteiger partial charge in [-0.3, -0.25) is 4.90 Å². The molecule has 8 heteroatoms. The molecule has 1 aliphatic rings. The molecule has 0 bridgehead atoms. The van der Waals surface area contributed by atoms with E-state index in [1.165, 1.54) is 0 Å². The first-order valence-corrected chi connectivity index (χ1v) is 9.25. The molecule has 0 spiro atoms. The van der Waals surface area contributed by atoms with E-state index in [9.17, 15) is 4.39 Å². The Labute approximate surface area is 159 Å². The highest BCUT2D eigenvalue weighted by atomic mass is 79.9. The Morgan fingerprint density at radius 1 is 1.00 bits per heavy atom. The number of piperazine rings is 1. The van der Waals surface area contributed by atoms with Gasteiger partial charge in [-0.25, -0.2) is 4.39 Å². The lowest BCUT2D eigenvalue weighted by Crippen LogP contribution is -2.46. The first kappa shape index (κ1) is 17.1. The van der Waals surface area contributed by atoms with E-state index in [1.807, 2.05) is 36.4 Å². The van der Waals surface area contributed by atoms with Crippen molar-refractivity contribution in [2.75, 3.05) is 31.1 Å². The SMILES string of the molecule is Fc1cc(CN2CCN(c3nnnn3-c3ccccc3)CC2)ccc1Br. The average Bonchev–Trinajstić information content (AvgIpc) is 3.16. The average molecular weight is 417 g/mol.